The molecular formula is C10H20N2O5S2. The lowest BCUT2D eigenvalue weighted by atomic mass is 10.1. The molecule has 7 nitrogen and oxygen atoms in total. The van der Waals surface area contributed by atoms with Gasteiger partial charge in [0, 0.05) is 6.54 Å². The van der Waals surface area contributed by atoms with E-state index in [-0.39, 0.29) is 10.3 Å². The molecule has 9 heteroatoms. The van der Waals surface area contributed by atoms with Gasteiger partial charge in [-0.2, -0.15) is 8.42 Å². The first-order chi connectivity index (χ1) is 8.75. The minimum Gasteiger partial charge on any atom is -0.211 e. The van der Waals surface area contributed by atoms with Gasteiger partial charge in [-0.25, -0.2) is 13.2 Å². The highest BCUT2D eigenvalue weighted by molar-refractivity contribution is 8.03. The molecule has 0 saturated heterocycles. The molecule has 0 spiro atoms. The second-order valence-corrected chi connectivity index (χ2v) is 7.84. The summed E-state index contributed by atoms with van der Waals surface area (Å²) in [6, 6.07) is 0. The number of hydrogen-bond donors (Lipinski definition) is 0. The number of hydrogen-bond acceptors (Lipinski definition) is 5. The predicted molar refractivity (Wildman–Crippen MR) is 72.0 cm³/mol. The third kappa shape index (κ3) is 7.41. The zero-order chi connectivity index (χ0) is 14.9. The van der Waals surface area contributed by atoms with Crippen LogP contribution < -0.4 is 0 Å². The topological polar surface area (TPSA) is 101 Å². The van der Waals surface area contributed by atoms with Gasteiger partial charge in [0.25, 0.3) is 6.08 Å². The Labute approximate surface area is 114 Å². The van der Waals surface area contributed by atoms with Crippen LogP contribution in [0.15, 0.2) is 4.40 Å². The fraction of sp³-hybridized carbons (Fsp3) is 0.900. The molecular weight excluding hydrogens is 292 g/mol. The van der Waals surface area contributed by atoms with Crippen molar-refractivity contribution in [2.24, 2.45) is 4.40 Å². The van der Waals surface area contributed by atoms with E-state index < -0.39 is 20.2 Å². The highest BCUT2D eigenvalue weighted by Crippen LogP contribution is 2.12. The Morgan fingerprint density at radius 1 is 1.00 bits per heavy atom. The van der Waals surface area contributed by atoms with Crippen LogP contribution in [0, 0.1) is 0 Å². The van der Waals surface area contributed by atoms with E-state index in [0.29, 0.717) is 6.42 Å². The van der Waals surface area contributed by atoms with Gasteiger partial charge in [-0.15, -0.1) is 0 Å². The lowest BCUT2D eigenvalue weighted by Crippen LogP contribution is -2.35. The SMILES string of the molecule is CCCCCCCCN(S(C)(=O)=O)S(=O)(=O)N=C=O. The van der Waals surface area contributed by atoms with Crippen molar-refractivity contribution >= 4 is 26.3 Å². The Hall–Kier alpha value is -0.760. The highest BCUT2D eigenvalue weighted by atomic mass is 32.3. The molecule has 0 N–H and O–H groups in total. The monoisotopic (exact) mass is 312 g/mol. The van der Waals surface area contributed by atoms with Gasteiger partial charge in [-0.05, 0) is 6.42 Å². The van der Waals surface area contributed by atoms with Crippen molar-refractivity contribution in [2.75, 3.05) is 12.8 Å². The van der Waals surface area contributed by atoms with Crippen molar-refractivity contribution in [3.05, 3.63) is 0 Å². The molecule has 19 heavy (non-hydrogen) atoms. The van der Waals surface area contributed by atoms with Crippen LogP contribution in [0.4, 0.5) is 0 Å². The summed E-state index contributed by atoms with van der Waals surface area (Å²) in [7, 11) is -8.45. The predicted octanol–water partition coefficient (Wildman–Crippen LogP) is 1.19. The van der Waals surface area contributed by atoms with Gasteiger partial charge in [0.2, 0.25) is 10.0 Å². The smallest absolute Gasteiger partial charge is 0.211 e. The quantitative estimate of drug-likeness (QED) is 0.342. The van der Waals surface area contributed by atoms with Crippen LogP contribution in [-0.4, -0.2) is 39.4 Å². The standard InChI is InChI=1S/C10H20N2O5S2/c1-3-4-5-6-7-8-9-12(18(2,14)15)19(16,17)11-10-13/h3-9H2,1-2H3. The number of sulfonamides is 1. The van der Waals surface area contributed by atoms with E-state index in [4.69, 9.17) is 0 Å². The summed E-state index contributed by atoms with van der Waals surface area (Å²) in [5, 5.41) is 0. The zero-order valence-corrected chi connectivity index (χ0v) is 12.8. The van der Waals surface area contributed by atoms with Gasteiger partial charge in [-0.1, -0.05) is 47.1 Å². The first-order valence-corrected chi connectivity index (χ1v) is 9.32. The molecule has 0 amide bonds. The summed E-state index contributed by atoms with van der Waals surface area (Å²) in [6.07, 6.45) is 6.91. The molecule has 0 aromatic carbocycles. The molecule has 0 bridgehead atoms. The molecule has 0 fully saturated rings. The fourth-order valence-corrected chi connectivity index (χ4v) is 4.04. The molecule has 0 rings (SSSR count). The summed E-state index contributed by atoms with van der Waals surface area (Å²) < 4.78 is 48.5. The van der Waals surface area contributed by atoms with E-state index >= 15 is 0 Å². The van der Waals surface area contributed by atoms with E-state index in [1.54, 1.807) is 0 Å². The van der Waals surface area contributed by atoms with Gasteiger partial charge in [0.05, 0.1) is 6.26 Å². The minimum absolute atomic E-state index is 0.196. The molecule has 112 valence electrons. The second kappa shape index (κ2) is 8.42. The second-order valence-electron chi connectivity index (χ2n) is 4.19. The molecule has 0 aliphatic rings. The van der Waals surface area contributed by atoms with Crippen LogP contribution in [0.1, 0.15) is 45.4 Å². The van der Waals surface area contributed by atoms with Gasteiger partial charge >= 0.3 is 10.2 Å². The van der Waals surface area contributed by atoms with Crippen LogP contribution in [-0.2, 0) is 25.0 Å². The van der Waals surface area contributed by atoms with Crippen LogP contribution in [0.2, 0.25) is 0 Å². The zero-order valence-electron chi connectivity index (χ0n) is 11.2. The van der Waals surface area contributed by atoms with E-state index in [1.165, 1.54) is 0 Å². The number of rotatable bonds is 10. The maximum atomic E-state index is 11.5. The maximum Gasteiger partial charge on any atom is 0.345 e. The van der Waals surface area contributed by atoms with Crippen LogP contribution in [0.25, 0.3) is 0 Å². The first kappa shape index (κ1) is 18.2. The Balaban J connectivity index is 4.54. The van der Waals surface area contributed by atoms with E-state index in [9.17, 15) is 21.6 Å². The van der Waals surface area contributed by atoms with E-state index in [0.717, 1.165) is 44.4 Å². The van der Waals surface area contributed by atoms with Crippen LogP contribution in [0.3, 0.4) is 0 Å². The largest absolute Gasteiger partial charge is 0.345 e. The van der Waals surface area contributed by atoms with Crippen molar-refractivity contribution in [3.8, 4) is 0 Å². The van der Waals surface area contributed by atoms with Crippen molar-refractivity contribution in [3.63, 3.8) is 0 Å². The number of nitrogens with zero attached hydrogens (tertiary/aromatic N) is 2. The fourth-order valence-electron chi connectivity index (χ4n) is 1.57. The Morgan fingerprint density at radius 2 is 1.53 bits per heavy atom. The van der Waals surface area contributed by atoms with Crippen molar-refractivity contribution in [1.82, 2.24) is 3.71 Å². The number of carbonyl (C=O) groups excluding carboxylic acids is 1. The molecule has 0 aromatic rings. The third-order valence-corrected chi connectivity index (χ3v) is 5.78. The number of isocyanates is 1. The molecule has 0 aliphatic carbocycles. The number of unbranched alkanes of at least 4 members (excludes halogenated alkanes) is 5. The van der Waals surface area contributed by atoms with Crippen molar-refractivity contribution in [2.45, 2.75) is 45.4 Å². The summed E-state index contributed by atoms with van der Waals surface area (Å²) in [4.78, 5) is 10.0. The van der Waals surface area contributed by atoms with E-state index in [2.05, 4.69) is 11.3 Å². The lowest BCUT2D eigenvalue weighted by molar-refractivity contribution is 0.483. The molecule has 0 aliphatic heterocycles. The Kier molecular flexibility index (Phi) is 8.08. The summed E-state index contributed by atoms with van der Waals surface area (Å²) in [5.74, 6) is 0. The summed E-state index contributed by atoms with van der Waals surface area (Å²) >= 11 is 0. The summed E-state index contributed by atoms with van der Waals surface area (Å²) in [5.41, 5.74) is 0. The molecule has 0 radical (unpaired) electrons. The molecule has 0 unspecified atom stereocenters. The Morgan fingerprint density at radius 3 is 2.00 bits per heavy atom. The average Bonchev–Trinajstić information content (AvgIpc) is 2.25. The average molecular weight is 312 g/mol. The molecule has 0 atom stereocenters. The minimum atomic E-state index is -4.48. The third-order valence-electron chi connectivity index (χ3n) is 2.47. The summed E-state index contributed by atoms with van der Waals surface area (Å²) in [6.45, 7) is 1.88. The van der Waals surface area contributed by atoms with Crippen LogP contribution in [0.5, 0.6) is 0 Å². The first-order valence-electron chi connectivity index (χ1n) is 6.07. The lowest BCUT2D eigenvalue weighted by Gasteiger charge is -2.15. The highest BCUT2D eigenvalue weighted by Gasteiger charge is 2.29. The van der Waals surface area contributed by atoms with Gasteiger partial charge in [0.1, 0.15) is 0 Å². The molecule has 0 heterocycles. The Bertz CT molecular complexity index is 506. The van der Waals surface area contributed by atoms with Gasteiger partial charge in [-0.3, -0.25) is 0 Å². The normalized spacial score (nSPS) is 12.4. The van der Waals surface area contributed by atoms with Crippen molar-refractivity contribution in [1.29, 1.82) is 0 Å². The molecule has 0 saturated carbocycles. The van der Waals surface area contributed by atoms with Crippen LogP contribution >= 0.6 is 0 Å². The van der Waals surface area contributed by atoms with E-state index in [1.807, 2.05) is 0 Å². The van der Waals surface area contributed by atoms with Gasteiger partial charge in [0.15, 0.2) is 0 Å². The molecule has 0 aromatic heterocycles. The van der Waals surface area contributed by atoms with Gasteiger partial charge < -0.3 is 0 Å². The maximum absolute atomic E-state index is 11.5. The van der Waals surface area contributed by atoms with Crippen molar-refractivity contribution < 1.29 is 21.6 Å².